The molecule has 0 aliphatic rings. The van der Waals surface area contributed by atoms with E-state index in [4.69, 9.17) is 9.47 Å². The van der Waals surface area contributed by atoms with E-state index in [1.807, 2.05) is 42.5 Å². The summed E-state index contributed by atoms with van der Waals surface area (Å²) in [6.07, 6.45) is 1.01. The van der Waals surface area contributed by atoms with Gasteiger partial charge >= 0.3 is 0 Å². The minimum atomic E-state index is -0.764. The van der Waals surface area contributed by atoms with E-state index in [1.54, 1.807) is 0 Å². The van der Waals surface area contributed by atoms with Crippen LogP contribution in [0.2, 0.25) is 0 Å². The van der Waals surface area contributed by atoms with Crippen LogP contribution in [0.4, 0.5) is 0 Å². The quantitative estimate of drug-likeness (QED) is 0.171. The van der Waals surface area contributed by atoms with Gasteiger partial charge in [0.05, 0.1) is 6.61 Å². The van der Waals surface area contributed by atoms with Gasteiger partial charge in [0, 0.05) is 4.47 Å². The third-order valence-electron chi connectivity index (χ3n) is 6.58. The average molecular weight is 550 g/mol. The first kappa shape index (κ1) is 25.0. The van der Waals surface area contributed by atoms with Gasteiger partial charge in [-0.1, -0.05) is 132 Å². The second-order valence-electron chi connectivity index (χ2n) is 8.92. The third kappa shape index (κ3) is 5.53. The molecule has 0 saturated carbocycles. The number of hydrogen-bond donors (Lipinski definition) is 0. The average Bonchev–Trinajstić information content (AvgIpc) is 2.96. The van der Waals surface area contributed by atoms with Gasteiger partial charge in [0.15, 0.2) is 0 Å². The molecule has 5 aromatic carbocycles. The van der Waals surface area contributed by atoms with E-state index in [-0.39, 0.29) is 0 Å². The van der Waals surface area contributed by atoms with E-state index in [9.17, 15) is 0 Å². The highest BCUT2D eigenvalue weighted by Gasteiger charge is 2.37. The zero-order valence-electron chi connectivity index (χ0n) is 20.8. The highest BCUT2D eigenvalue weighted by molar-refractivity contribution is 9.10. The fraction of sp³-hybridized carbons (Fsp3) is 0.118. The second-order valence-corrected chi connectivity index (χ2v) is 9.78. The molecule has 184 valence electrons. The van der Waals surface area contributed by atoms with E-state index in [0.717, 1.165) is 44.6 Å². The first-order valence-corrected chi connectivity index (χ1v) is 13.3. The first-order valence-electron chi connectivity index (χ1n) is 12.5. The fourth-order valence-electron chi connectivity index (χ4n) is 4.59. The predicted octanol–water partition coefficient (Wildman–Crippen LogP) is 9.31. The molecule has 37 heavy (non-hydrogen) atoms. The maximum absolute atomic E-state index is 6.97. The lowest BCUT2D eigenvalue weighted by Gasteiger charge is -2.36. The van der Waals surface area contributed by atoms with E-state index in [0.29, 0.717) is 6.61 Å². The molecule has 5 aromatic rings. The van der Waals surface area contributed by atoms with Gasteiger partial charge in [0.1, 0.15) is 17.1 Å². The molecule has 0 bridgehead atoms. The molecule has 0 aliphatic heterocycles. The van der Waals surface area contributed by atoms with Gasteiger partial charge in [0.25, 0.3) is 0 Å². The Morgan fingerprint density at radius 1 is 0.595 bits per heavy atom. The Morgan fingerprint density at radius 2 is 1.08 bits per heavy atom. The lowest BCUT2D eigenvalue weighted by atomic mass is 9.80. The van der Waals surface area contributed by atoms with Crippen LogP contribution in [0.3, 0.4) is 0 Å². The molecule has 0 saturated heterocycles. The molecule has 0 spiro atoms. The number of aryl methyl sites for hydroxylation is 1. The van der Waals surface area contributed by atoms with Crippen LogP contribution in [0.5, 0.6) is 11.5 Å². The van der Waals surface area contributed by atoms with E-state index >= 15 is 0 Å². The van der Waals surface area contributed by atoms with Crippen LogP contribution in [0.15, 0.2) is 138 Å². The zero-order chi connectivity index (χ0) is 25.5. The molecule has 3 heteroatoms. The van der Waals surface area contributed by atoms with Gasteiger partial charge in [-0.3, -0.25) is 0 Å². The molecule has 0 atom stereocenters. The van der Waals surface area contributed by atoms with Gasteiger partial charge in [-0.15, -0.1) is 0 Å². The minimum Gasteiger partial charge on any atom is -0.457 e. The third-order valence-corrected chi connectivity index (χ3v) is 7.32. The van der Waals surface area contributed by atoms with Gasteiger partial charge in [0.2, 0.25) is 0 Å². The number of rotatable bonds is 9. The summed E-state index contributed by atoms with van der Waals surface area (Å²) in [7, 11) is 0. The van der Waals surface area contributed by atoms with Crippen LogP contribution in [-0.2, 0) is 23.4 Å². The smallest absolute Gasteiger partial charge is 0.144 e. The summed E-state index contributed by atoms with van der Waals surface area (Å²) in [6, 6.07) is 45.6. The van der Waals surface area contributed by atoms with Gasteiger partial charge in [-0.25, -0.2) is 0 Å². The molecule has 0 heterocycles. The summed E-state index contributed by atoms with van der Waals surface area (Å²) in [5.41, 5.74) is 4.82. The molecule has 0 unspecified atom stereocenters. The van der Waals surface area contributed by atoms with Crippen molar-refractivity contribution < 1.29 is 9.47 Å². The predicted molar refractivity (Wildman–Crippen MR) is 154 cm³/mol. The summed E-state index contributed by atoms with van der Waals surface area (Å²) < 4.78 is 14.0. The molecular weight excluding hydrogens is 520 g/mol. The molecule has 2 nitrogen and oxygen atoms in total. The Morgan fingerprint density at radius 3 is 1.54 bits per heavy atom. The van der Waals surface area contributed by atoms with Crippen molar-refractivity contribution >= 4 is 15.9 Å². The van der Waals surface area contributed by atoms with Crippen LogP contribution in [0.1, 0.15) is 34.7 Å². The van der Waals surface area contributed by atoms with Gasteiger partial charge < -0.3 is 9.47 Å². The lowest BCUT2D eigenvalue weighted by molar-refractivity contribution is -0.0000367. The molecule has 0 radical (unpaired) electrons. The monoisotopic (exact) mass is 548 g/mol. The van der Waals surface area contributed by atoms with Crippen molar-refractivity contribution in [2.24, 2.45) is 0 Å². The fourth-order valence-corrected chi connectivity index (χ4v) is 5.06. The second kappa shape index (κ2) is 11.6. The van der Waals surface area contributed by atoms with Crippen molar-refractivity contribution in [2.45, 2.75) is 25.6 Å². The molecule has 0 fully saturated rings. The highest BCUT2D eigenvalue weighted by Crippen LogP contribution is 2.41. The molecule has 5 rings (SSSR count). The SMILES string of the molecule is CCc1ccc(Oc2ccc(COC(c3ccccc3)(c3ccccc3)c3ccccc3)c(Br)c2)cc1. The Kier molecular flexibility index (Phi) is 7.84. The normalized spacial score (nSPS) is 11.3. The molecule has 0 amide bonds. The summed E-state index contributed by atoms with van der Waals surface area (Å²) in [4.78, 5) is 0. The number of benzene rings is 5. The Bertz CT molecular complexity index is 1320. The van der Waals surface area contributed by atoms with Crippen molar-refractivity contribution in [1.29, 1.82) is 0 Å². The van der Waals surface area contributed by atoms with Crippen molar-refractivity contribution in [3.63, 3.8) is 0 Å². The first-order chi connectivity index (χ1) is 18.2. The number of halogens is 1. The number of hydrogen-bond acceptors (Lipinski definition) is 2. The van der Waals surface area contributed by atoms with E-state index in [2.05, 4.69) is 114 Å². The Labute approximate surface area is 227 Å². The molecule has 0 aliphatic carbocycles. The maximum Gasteiger partial charge on any atom is 0.144 e. The maximum atomic E-state index is 6.97. The van der Waals surface area contributed by atoms with Gasteiger partial charge in [-0.2, -0.15) is 0 Å². The summed E-state index contributed by atoms with van der Waals surface area (Å²) in [5, 5.41) is 0. The van der Waals surface area contributed by atoms with Crippen LogP contribution < -0.4 is 4.74 Å². The Hall–Kier alpha value is -3.66. The zero-order valence-corrected chi connectivity index (χ0v) is 22.4. The minimum absolute atomic E-state index is 0.407. The number of ether oxygens (including phenoxy) is 2. The lowest BCUT2D eigenvalue weighted by Crippen LogP contribution is -2.32. The van der Waals surface area contributed by atoms with Crippen molar-refractivity contribution in [3.8, 4) is 11.5 Å². The van der Waals surface area contributed by atoms with Crippen LogP contribution >= 0.6 is 15.9 Å². The van der Waals surface area contributed by atoms with Crippen LogP contribution in [0.25, 0.3) is 0 Å². The van der Waals surface area contributed by atoms with Crippen molar-refractivity contribution in [3.05, 3.63) is 166 Å². The van der Waals surface area contributed by atoms with Gasteiger partial charge in [-0.05, 0) is 58.5 Å². The van der Waals surface area contributed by atoms with E-state index in [1.165, 1.54) is 5.56 Å². The standard InChI is InChI=1S/C34H29BrO2/c1-2-26-18-21-31(22-19-26)37-32-23-20-27(33(35)24-32)25-36-34(28-12-6-3-7-13-28,29-14-8-4-9-15-29)30-16-10-5-11-17-30/h3-24H,2,25H2,1H3. The van der Waals surface area contributed by atoms with Crippen molar-refractivity contribution in [2.75, 3.05) is 0 Å². The van der Waals surface area contributed by atoms with Crippen LogP contribution in [0, 0.1) is 0 Å². The highest BCUT2D eigenvalue weighted by atomic mass is 79.9. The Balaban J connectivity index is 1.47. The summed E-state index contributed by atoms with van der Waals surface area (Å²) >= 11 is 3.76. The molecular formula is C34H29BrO2. The molecule has 0 N–H and O–H groups in total. The molecule has 0 aromatic heterocycles. The van der Waals surface area contributed by atoms with Crippen molar-refractivity contribution in [1.82, 2.24) is 0 Å². The largest absolute Gasteiger partial charge is 0.457 e. The topological polar surface area (TPSA) is 18.5 Å². The van der Waals surface area contributed by atoms with E-state index < -0.39 is 5.60 Å². The summed E-state index contributed by atoms with van der Waals surface area (Å²) in [5.74, 6) is 1.60. The summed E-state index contributed by atoms with van der Waals surface area (Å²) in [6.45, 7) is 2.56. The van der Waals surface area contributed by atoms with Crippen LogP contribution in [-0.4, -0.2) is 0 Å².